The van der Waals surface area contributed by atoms with E-state index in [9.17, 15) is 0 Å². The SMILES string of the molecule is CC1Cn2nc(C34CCC(COC5CCCCO5)(CC3)CO4)cc2-c2cncn21. The molecule has 2 unspecified atom stereocenters. The van der Waals surface area contributed by atoms with Crippen LogP contribution in [0.2, 0.25) is 0 Å². The van der Waals surface area contributed by atoms with E-state index in [1.165, 1.54) is 6.42 Å². The monoisotopic (exact) mass is 398 g/mol. The molecule has 4 fully saturated rings. The summed E-state index contributed by atoms with van der Waals surface area (Å²) in [4.78, 5) is 4.35. The summed E-state index contributed by atoms with van der Waals surface area (Å²) < 4.78 is 22.9. The van der Waals surface area contributed by atoms with Crippen molar-refractivity contribution in [2.24, 2.45) is 5.41 Å². The summed E-state index contributed by atoms with van der Waals surface area (Å²) in [7, 11) is 0. The molecule has 4 aliphatic heterocycles. The van der Waals surface area contributed by atoms with Gasteiger partial charge in [-0.2, -0.15) is 5.10 Å². The summed E-state index contributed by atoms with van der Waals surface area (Å²) >= 11 is 0. The van der Waals surface area contributed by atoms with E-state index in [1.807, 2.05) is 12.5 Å². The molecular weight excluding hydrogens is 368 g/mol. The van der Waals surface area contributed by atoms with Crippen LogP contribution in [0.25, 0.3) is 11.4 Å². The molecule has 2 aromatic rings. The maximum absolute atomic E-state index is 6.55. The molecule has 1 saturated carbocycles. The average molecular weight is 399 g/mol. The lowest BCUT2D eigenvalue weighted by atomic mass is 9.65. The van der Waals surface area contributed by atoms with Gasteiger partial charge < -0.3 is 18.8 Å². The van der Waals surface area contributed by atoms with E-state index in [2.05, 4.69) is 27.2 Å². The first-order chi connectivity index (χ1) is 14.2. The number of aromatic nitrogens is 4. The van der Waals surface area contributed by atoms with E-state index in [1.54, 1.807) is 0 Å². The molecule has 2 bridgehead atoms. The predicted octanol–water partition coefficient (Wildman–Crippen LogP) is 3.65. The molecule has 29 heavy (non-hydrogen) atoms. The van der Waals surface area contributed by atoms with E-state index < -0.39 is 0 Å². The first-order valence-corrected chi connectivity index (χ1v) is 11.1. The molecule has 3 saturated heterocycles. The van der Waals surface area contributed by atoms with Crippen molar-refractivity contribution in [2.75, 3.05) is 19.8 Å². The van der Waals surface area contributed by atoms with Gasteiger partial charge >= 0.3 is 0 Å². The fourth-order valence-electron chi connectivity index (χ4n) is 5.57. The average Bonchev–Trinajstić information content (AvgIpc) is 3.42. The molecule has 7 nitrogen and oxygen atoms in total. The Labute approximate surface area is 171 Å². The van der Waals surface area contributed by atoms with Crippen molar-refractivity contribution in [1.29, 1.82) is 0 Å². The summed E-state index contributed by atoms with van der Waals surface area (Å²) in [5.74, 6) is 0. The van der Waals surface area contributed by atoms with Crippen molar-refractivity contribution in [3.05, 3.63) is 24.3 Å². The van der Waals surface area contributed by atoms with Crippen molar-refractivity contribution in [1.82, 2.24) is 19.3 Å². The molecule has 5 aliphatic rings. The third kappa shape index (κ3) is 2.89. The second-order valence-corrected chi connectivity index (χ2v) is 9.52. The smallest absolute Gasteiger partial charge is 0.157 e. The summed E-state index contributed by atoms with van der Waals surface area (Å²) in [5, 5.41) is 5.01. The molecule has 0 N–H and O–H groups in total. The fourth-order valence-corrected chi connectivity index (χ4v) is 5.57. The lowest BCUT2D eigenvalue weighted by molar-refractivity contribution is -0.236. The molecule has 0 radical (unpaired) electrons. The Hall–Kier alpha value is -1.70. The zero-order chi connectivity index (χ0) is 19.5. The summed E-state index contributed by atoms with van der Waals surface area (Å²) in [5.41, 5.74) is 3.32. The Morgan fingerprint density at radius 1 is 1.21 bits per heavy atom. The van der Waals surface area contributed by atoms with E-state index in [0.29, 0.717) is 6.04 Å². The zero-order valence-corrected chi connectivity index (χ0v) is 17.2. The molecule has 0 amide bonds. The Morgan fingerprint density at radius 3 is 2.86 bits per heavy atom. The van der Waals surface area contributed by atoms with Gasteiger partial charge in [-0.25, -0.2) is 4.98 Å². The Kier molecular flexibility index (Phi) is 4.15. The first kappa shape index (κ1) is 18.1. The summed E-state index contributed by atoms with van der Waals surface area (Å²) in [6.07, 6.45) is 11.6. The number of rotatable bonds is 4. The maximum Gasteiger partial charge on any atom is 0.157 e. The van der Waals surface area contributed by atoms with Gasteiger partial charge in [-0.3, -0.25) is 4.68 Å². The molecule has 2 atom stereocenters. The van der Waals surface area contributed by atoms with Gasteiger partial charge in [0.1, 0.15) is 5.60 Å². The highest BCUT2D eigenvalue weighted by molar-refractivity contribution is 5.57. The number of fused-ring (bicyclic) bond motifs is 6. The van der Waals surface area contributed by atoms with Gasteiger partial charge in [-0.15, -0.1) is 0 Å². The lowest BCUT2D eigenvalue weighted by Gasteiger charge is -2.52. The van der Waals surface area contributed by atoms with Gasteiger partial charge in [0.15, 0.2) is 6.29 Å². The van der Waals surface area contributed by atoms with E-state index in [4.69, 9.17) is 19.3 Å². The van der Waals surface area contributed by atoms with Gasteiger partial charge in [-0.1, -0.05) is 0 Å². The minimum atomic E-state index is -0.235. The van der Waals surface area contributed by atoms with Crippen LogP contribution in [-0.4, -0.2) is 45.4 Å². The lowest BCUT2D eigenvalue weighted by Crippen LogP contribution is -2.51. The van der Waals surface area contributed by atoms with Crippen LogP contribution < -0.4 is 0 Å². The van der Waals surface area contributed by atoms with Crippen LogP contribution >= 0.6 is 0 Å². The molecule has 0 aromatic carbocycles. The normalized spacial score (nSPS) is 36.0. The van der Waals surface area contributed by atoms with Crippen LogP contribution in [0, 0.1) is 5.41 Å². The van der Waals surface area contributed by atoms with Crippen molar-refractivity contribution >= 4 is 0 Å². The third-order valence-corrected chi connectivity index (χ3v) is 7.57. The standard InChI is InChI=1S/C22H30N4O3/c1-16-12-26-17(18-11-23-15-25(16)18)10-19(24-26)22-7-5-21(6-8-22,14-29-22)13-28-20-4-2-3-9-27-20/h10-11,15-16,20H,2-9,12-14H2,1H3. The van der Waals surface area contributed by atoms with Gasteiger partial charge in [0.2, 0.25) is 0 Å². The molecule has 156 valence electrons. The van der Waals surface area contributed by atoms with Crippen molar-refractivity contribution in [3.8, 4) is 11.4 Å². The Bertz CT molecular complexity index is 873. The van der Waals surface area contributed by atoms with Gasteiger partial charge in [0, 0.05) is 12.0 Å². The van der Waals surface area contributed by atoms with Gasteiger partial charge in [-0.05, 0) is 57.9 Å². The van der Waals surface area contributed by atoms with Crippen molar-refractivity contribution in [2.45, 2.75) is 76.3 Å². The Morgan fingerprint density at radius 2 is 2.10 bits per heavy atom. The highest BCUT2D eigenvalue weighted by atomic mass is 16.7. The number of imidazole rings is 1. The maximum atomic E-state index is 6.55. The summed E-state index contributed by atoms with van der Waals surface area (Å²) in [6, 6.07) is 2.61. The molecular formula is C22H30N4O3. The molecule has 1 aliphatic carbocycles. The molecule has 0 spiro atoms. The molecule has 2 aromatic heterocycles. The van der Waals surface area contributed by atoms with E-state index >= 15 is 0 Å². The topological polar surface area (TPSA) is 63.3 Å². The Balaban J connectivity index is 1.19. The van der Waals surface area contributed by atoms with Gasteiger partial charge in [0.05, 0.1) is 55.4 Å². The van der Waals surface area contributed by atoms with Crippen LogP contribution in [0.15, 0.2) is 18.6 Å². The largest absolute Gasteiger partial charge is 0.368 e. The zero-order valence-electron chi connectivity index (χ0n) is 17.2. The first-order valence-electron chi connectivity index (χ1n) is 11.1. The molecule has 7 rings (SSSR count). The van der Waals surface area contributed by atoms with Crippen molar-refractivity contribution in [3.63, 3.8) is 0 Å². The van der Waals surface area contributed by atoms with E-state index in [0.717, 1.165) is 82.0 Å². The van der Waals surface area contributed by atoms with E-state index in [-0.39, 0.29) is 17.3 Å². The third-order valence-electron chi connectivity index (χ3n) is 7.57. The highest BCUT2D eigenvalue weighted by Crippen LogP contribution is 2.54. The number of hydrogen-bond acceptors (Lipinski definition) is 5. The highest BCUT2D eigenvalue weighted by Gasteiger charge is 2.52. The van der Waals surface area contributed by atoms with Crippen LogP contribution in [0.3, 0.4) is 0 Å². The van der Waals surface area contributed by atoms with Crippen LogP contribution in [-0.2, 0) is 26.4 Å². The van der Waals surface area contributed by atoms with Gasteiger partial charge in [0.25, 0.3) is 0 Å². The second-order valence-electron chi connectivity index (χ2n) is 9.52. The number of hydrogen-bond donors (Lipinski definition) is 0. The fraction of sp³-hybridized carbons (Fsp3) is 0.727. The molecule has 7 heteroatoms. The second kappa shape index (κ2) is 6.65. The predicted molar refractivity (Wildman–Crippen MR) is 106 cm³/mol. The van der Waals surface area contributed by atoms with Crippen LogP contribution in [0.1, 0.15) is 63.6 Å². The van der Waals surface area contributed by atoms with Crippen LogP contribution in [0.4, 0.5) is 0 Å². The summed E-state index contributed by atoms with van der Waals surface area (Å²) in [6.45, 7) is 5.45. The minimum absolute atomic E-state index is 0.0153. The van der Waals surface area contributed by atoms with Crippen LogP contribution in [0.5, 0.6) is 0 Å². The minimum Gasteiger partial charge on any atom is -0.368 e. The van der Waals surface area contributed by atoms with Crippen molar-refractivity contribution < 1.29 is 14.2 Å². The number of nitrogens with zero attached hydrogens (tertiary/aromatic N) is 4. The molecule has 6 heterocycles. The quantitative estimate of drug-likeness (QED) is 0.787. The number of ether oxygens (including phenoxy) is 3.